The summed E-state index contributed by atoms with van der Waals surface area (Å²) in [7, 11) is -4.17. The number of hydrogen-bond acceptors (Lipinski definition) is 5. The number of nitrogens with one attached hydrogen (secondary N) is 2. The maximum absolute atomic E-state index is 13.8. The van der Waals surface area contributed by atoms with Crippen LogP contribution < -0.4 is 10.6 Å². The Morgan fingerprint density at radius 3 is 2.21 bits per heavy atom. The molecule has 242 valence electrons. The third-order valence-electron chi connectivity index (χ3n) is 7.60. The van der Waals surface area contributed by atoms with Gasteiger partial charge in [0.15, 0.2) is 0 Å². The second-order valence-electron chi connectivity index (χ2n) is 12.6. The average molecular weight is 651 g/mol. The molecule has 0 unspecified atom stereocenters. The number of rotatable bonds is 11. The van der Waals surface area contributed by atoms with E-state index in [9.17, 15) is 18.0 Å². The molecule has 3 N–H and O–H groups in total. The van der Waals surface area contributed by atoms with Crippen molar-refractivity contribution in [2.24, 2.45) is 5.41 Å². The van der Waals surface area contributed by atoms with E-state index in [0.29, 0.717) is 17.7 Å². The molecule has 1 atom stereocenters. The maximum Gasteiger partial charge on any atom is 0.266 e. The van der Waals surface area contributed by atoms with Crippen molar-refractivity contribution in [3.63, 3.8) is 0 Å². The van der Waals surface area contributed by atoms with Crippen molar-refractivity contribution in [3.8, 4) is 11.3 Å². The summed E-state index contributed by atoms with van der Waals surface area (Å²) in [6.45, 7) is 6.20. The highest BCUT2D eigenvalue weighted by molar-refractivity contribution is 7.85. The summed E-state index contributed by atoms with van der Waals surface area (Å²) in [4.78, 5) is 26.3. The Bertz CT molecular complexity index is 1950. The molecule has 5 rings (SSSR count). The van der Waals surface area contributed by atoms with Crippen LogP contribution in [0.2, 0.25) is 0 Å². The Kier molecular flexibility index (Phi) is 10.1. The molecular weight excluding hydrogens is 612 g/mol. The number of amides is 2. The van der Waals surface area contributed by atoms with Crippen LogP contribution in [-0.2, 0) is 21.3 Å². The number of hydrogen-bond donors (Lipinski definition) is 3. The highest BCUT2D eigenvalue weighted by atomic mass is 32.2. The lowest BCUT2D eigenvalue weighted by Crippen LogP contribution is -2.28. The smallest absolute Gasteiger partial charge is 0.266 e. The summed E-state index contributed by atoms with van der Waals surface area (Å²) in [5, 5.41) is 6.57. The Hall–Kier alpha value is -4.99. The van der Waals surface area contributed by atoms with Crippen LogP contribution in [0.5, 0.6) is 0 Å². The second kappa shape index (κ2) is 14.2. The molecule has 0 saturated carbocycles. The Morgan fingerprint density at radius 2 is 1.57 bits per heavy atom. The van der Waals surface area contributed by atoms with Gasteiger partial charge in [-0.15, -0.1) is 0 Å². The molecule has 0 aliphatic heterocycles. The molecule has 0 bridgehead atoms. The Morgan fingerprint density at radius 1 is 0.894 bits per heavy atom. The van der Waals surface area contributed by atoms with E-state index < -0.39 is 27.7 Å². The zero-order chi connectivity index (χ0) is 33.6. The molecule has 8 nitrogen and oxygen atoms in total. The molecule has 0 fully saturated rings. The molecule has 0 spiro atoms. The van der Waals surface area contributed by atoms with Gasteiger partial charge in [-0.25, -0.2) is 0 Å². The van der Waals surface area contributed by atoms with Crippen molar-refractivity contribution >= 4 is 44.7 Å². The van der Waals surface area contributed by atoms with Gasteiger partial charge in [-0.1, -0.05) is 87.5 Å². The Labute approximate surface area is 275 Å². The van der Waals surface area contributed by atoms with Gasteiger partial charge >= 0.3 is 0 Å². The van der Waals surface area contributed by atoms with Crippen LogP contribution in [0.1, 0.15) is 53.7 Å². The molecule has 1 aromatic heterocycles. The fourth-order valence-corrected chi connectivity index (χ4v) is 5.40. The minimum absolute atomic E-state index is 0.0423. The highest BCUT2D eigenvalue weighted by Gasteiger charge is 2.22. The molecule has 47 heavy (non-hydrogen) atoms. The lowest BCUT2D eigenvalue weighted by atomic mass is 9.89. The first kappa shape index (κ1) is 33.4. The van der Waals surface area contributed by atoms with Gasteiger partial charge in [-0.2, -0.15) is 8.42 Å². The number of allylic oxidation sites excluding steroid dienone is 1. The summed E-state index contributed by atoms with van der Waals surface area (Å²) in [5.41, 5.74) is 5.48. The first-order chi connectivity index (χ1) is 22.3. The van der Waals surface area contributed by atoms with Gasteiger partial charge in [0.05, 0.1) is 11.7 Å². The van der Waals surface area contributed by atoms with E-state index in [1.807, 2.05) is 78.9 Å². The van der Waals surface area contributed by atoms with Crippen molar-refractivity contribution in [1.29, 1.82) is 0 Å². The fourth-order valence-electron chi connectivity index (χ4n) is 5.04. The van der Waals surface area contributed by atoms with Gasteiger partial charge in [-0.3, -0.25) is 14.1 Å². The molecule has 0 aliphatic carbocycles. The molecule has 0 saturated heterocycles. The van der Waals surface area contributed by atoms with Crippen molar-refractivity contribution in [3.05, 3.63) is 131 Å². The maximum atomic E-state index is 13.8. The van der Waals surface area contributed by atoms with Crippen LogP contribution >= 0.6 is 0 Å². The normalized spacial score (nSPS) is 12.7. The number of fused-ring (bicyclic) bond motifs is 1. The van der Waals surface area contributed by atoms with E-state index in [2.05, 4.69) is 43.6 Å². The van der Waals surface area contributed by atoms with Crippen molar-refractivity contribution in [2.45, 2.75) is 33.1 Å². The number of carbonyl (C=O) groups excluding carboxylic acids is 2. The third-order valence-corrected chi connectivity index (χ3v) is 8.32. The molecule has 1 heterocycles. The third kappa shape index (κ3) is 9.51. The summed E-state index contributed by atoms with van der Waals surface area (Å²) in [5.74, 6) is -0.981. The fraction of sp³-hybridized carbons (Fsp3) is 0.211. The van der Waals surface area contributed by atoms with Gasteiger partial charge < -0.3 is 15.1 Å². The van der Waals surface area contributed by atoms with E-state index in [-0.39, 0.29) is 17.9 Å². The minimum atomic E-state index is -4.17. The predicted molar refractivity (Wildman–Crippen MR) is 187 cm³/mol. The SMILES string of the molecule is CC(C)(C)/C=C/c1ccc([C@H](Cc2ccc(C(=O)NCCS(=O)(=O)O)cc2)C(=O)Nc2ccc(-c3cc4ccccc4o3)cc2)cc1. The summed E-state index contributed by atoms with van der Waals surface area (Å²) in [6, 6.07) is 32.1. The van der Waals surface area contributed by atoms with E-state index in [1.54, 1.807) is 24.3 Å². The lowest BCUT2D eigenvalue weighted by molar-refractivity contribution is -0.117. The molecule has 5 aromatic rings. The monoisotopic (exact) mass is 650 g/mol. The quantitative estimate of drug-likeness (QED) is 0.126. The zero-order valence-electron chi connectivity index (χ0n) is 26.6. The number of carbonyl (C=O) groups is 2. The van der Waals surface area contributed by atoms with E-state index in [4.69, 9.17) is 8.97 Å². The second-order valence-corrected chi connectivity index (χ2v) is 14.1. The number of anilines is 1. The molecule has 0 radical (unpaired) electrons. The average Bonchev–Trinajstić information content (AvgIpc) is 3.47. The predicted octanol–water partition coefficient (Wildman–Crippen LogP) is 7.74. The van der Waals surface area contributed by atoms with Crippen LogP contribution in [0.4, 0.5) is 5.69 Å². The van der Waals surface area contributed by atoms with Crippen LogP contribution in [0.15, 0.2) is 114 Å². The van der Waals surface area contributed by atoms with Gasteiger partial charge in [0, 0.05) is 28.7 Å². The molecule has 2 amide bonds. The summed E-state index contributed by atoms with van der Waals surface area (Å²) < 4.78 is 36.8. The minimum Gasteiger partial charge on any atom is -0.456 e. The van der Waals surface area contributed by atoms with Gasteiger partial charge in [-0.05, 0) is 77.1 Å². The molecule has 9 heteroatoms. The number of furan rings is 1. The number of para-hydroxylation sites is 1. The molecule has 4 aromatic carbocycles. The van der Waals surface area contributed by atoms with Crippen LogP contribution in [0.25, 0.3) is 28.4 Å². The highest BCUT2D eigenvalue weighted by Crippen LogP contribution is 2.30. The standard InChI is InChI=1S/C38H38N2O6S/c1-38(2,3)21-20-26-8-12-28(13-9-26)33(24-27-10-14-30(15-11-27)36(41)39-22-23-47(43,44)45)37(42)40-32-18-16-29(17-19-32)35-25-31-6-4-5-7-34(31)46-35/h4-21,25,33H,22-24H2,1-3H3,(H,39,41)(H,40,42)(H,43,44,45)/b21-20+/t33-/m0/s1. The van der Waals surface area contributed by atoms with Gasteiger partial charge in [0.2, 0.25) is 5.91 Å². The van der Waals surface area contributed by atoms with Gasteiger partial charge in [0.25, 0.3) is 16.0 Å². The molecule has 0 aliphatic rings. The van der Waals surface area contributed by atoms with Crippen molar-refractivity contribution in [2.75, 3.05) is 17.6 Å². The first-order valence-corrected chi connectivity index (χ1v) is 17.0. The van der Waals surface area contributed by atoms with Crippen LogP contribution in [0.3, 0.4) is 0 Å². The zero-order valence-corrected chi connectivity index (χ0v) is 27.4. The van der Waals surface area contributed by atoms with E-state index in [1.165, 1.54) is 0 Å². The summed E-state index contributed by atoms with van der Waals surface area (Å²) in [6.07, 6.45) is 4.59. The topological polar surface area (TPSA) is 126 Å². The van der Waals surface area contributed by atoms with Crippen LogP contribution in [0, 0.1) is 5.41 Å². The number of benzene rings is 4. The largest absolute Gasteiger partial charge is 0.456 e. The van der Waals surface area contributed by atoms with Crippen LogP contribution in [-0.4, -0.2) is 37.1 Å². The van der Waals surface area contributed by atoms with Crippen molar-refractivity contribution < 1.29 is 27.0 Å². The van der Waals surface area contributed by atoms with E-state index in [0.717, 1.165) is 39.0 Å². The molecular formula is C38H38N2O6S. The van der Waals surface area contributed by atoms with E-state index >= 15 is 0 Å². The van der Waals surface area contributed by atoms with Crippen molar-refractivity contribution in [1.82, 2.24) is 5.32 Å². The first-order valence-electron chi connectivity index (χ1n) is 15.3. The summed E-state index contributed by atoms with van der Waals surface area (Å²) >= 11 is 0. The Balaban J connectivity index is 1.33. The lowest BCUT2D eigenvalue weighted by Gasteiger charge is -2.18. The van der Waals surface area contributed by atoms with Gasteiger partial charge in [0.1, 0.15) is 11.3 Å².